The van der Waals surface area contributed by atoms with Crippen molar-refractivity contribution in [1.29, 1.82) is 0 Å². The van der Waals surface area contributed by atoms with Gasteiger partial charge in [0.1, 0.15) is 5.75 Å². The lowest BCUT2D eigenvalue weighted by molar-refractivity contribution is 0.0526. The van der Waals surface area contributed by atoms with Gasteiger partial charge in [-0.1, -0.05) is 12.1 Å². The van der Waals surface area contributed by atoms with Crippen LogP contribution in [0.2, 0.25) is 0 Å². The van der Waals surface area contributed by atoms with Crippen LogP contribution in [0.25, 0.3) is 10.8 Å². The molecular formula is C20H18N2O4. The number of ether oxygens (including phenoxy) is 1. The summed E-state index contributed by atoms with van der Waals surface area (Å²) in [6, 6.07) is 14.7. The van der Waals surface area contributed by atoms with Gasteiger partial charge in [0.15, 0.2) is 0 Å². The van der Waals surface area contributed by atoms with Crippen LogP contribution < -0.4 is 11.1 Å². The van der Waals surface area contributed by atoms with Crippen LogP contribution in [-0.4, -0.2) is 23.6 Å². The predicted molar refractivity (Wildman–Crippen MR) is 100 cm³/mol. The first-order valence-corrected chi connectivity index (χ1v) is 8.08. The lowest BCUT2D eigenvalue weighted by atomic mass is 10.0. The van der Waals surface area contributed by atoms with Gasteiger partial charge in [0, 0.05) is 22.3 Å². The fraction of sp³-hybridized carbons (Fsp3) is 0.100. The van der Waals surface area contributed by atoms with Gasteiger partial charge in [0.25, 0.3) is 5.91 Å². The summed E-state index contributed by atoms with van der Waals surface area (Å²) >= 11 is 0. The summed E-state index contributed by atoms with van der Waals surface area (Å²) < 4.78 is 4.95. The molecule has 0 aliphatic carbocycles. The maximum atomic E-state index is 12.3. The van der Waals surface area contributed by atoms with E-state index in [-0.39, 0.29) is 23.8 Å². The number of nitrogen functional groups attached to an aromatic ring is 1. The van der Waals surface area contributed by atoms with E-state index in [0.29, 0.717) is 27.7 Å². The van der Waals surface area contributed by atoms with Crippen LogP contribution >= 0.6 is 0 Å². The molecule has 3 aromatic rings. The highest BCUT2D eigenvalue weighted by Crippen LogP contribution is 2.29. The zero-order valence-corrected chi connectivity index (χ0v) is 14.2. The fourth-order valence-corrected chi connectivity index (χ4v) is 2.63. The largest absolute Gasteiger partial charge is 0.507 e. The van der Waals surface area contributed by atoms with Crippen molar-refractivity contribution in [3.8, 4) is 5.75 Å². The topological polar surface area (TPSA) is 102 Å². The first-order chi connectivity index (χ1) is 12.5. The fourth-order valence-electron chi connectivity index (χ4n) is 2.63. The summed E-state index contributed by atoms with van der Waals surface area (Å²) in [6.45, 7) is 1.97. The molecule has 4 N–H and O–H groups in total. The second-order valence-corrected chi connectivity index (χ2v) is 5.73. The highest BCUT2D eigenvalue weighted by Gasteiger charge is 2.12. The number of aromatic hydroxyl groups is 1. The zero-order chi connectivity index (χ0) is 18.7. The molecule has 0 fully saturated rings. The molecule has 0 bridgehead atoms. The number of carbonyl (C=O) groups is 2. The summed E-state index contributed by atoms with van der Waals surface area (Å²) in [7, 11) is 0. The molecule has 3 aromatic carbocycles. The number of nitrogens with one attached hydrogen (secondary N) is 1. The molecule has 0 aliphatic heterocycles. The van der Waals surface area contributed by atoms with Gasteiger partial charge in [-0.25, -0.2) is 4.79 Å². The number of carbonyl (C=O) groups excluding carboxylic acids is 2. The number of esters is 1. The standard InChI is InChI=1S/C20H18N2O4/c1-2-26-20(25)14-8-12-6-7-16(11-17(12)18(23)10-14)22-19(24)13-4-3-5-15(21)9-13/h3-11,23H,2,21H2,1H3,(H,22,24). The molecular weight excluding hydrogens is 332 g/mol. The third-order valence-corrected chi connectivity index (χ3v) is 3.85. The Morgan fingerprint density at radius 1 is 1.08 bits per heavy atom. The molecule has 26 heavy (non-hydrogen) atoms. The van der Waals surface area contributed by atoms with Gasteiger partial charge >= 0.3 is 5.97 Å². The summed E-state index contributed by atoms with van der Waals surface area (Å²) in [6.07, 6.45) is 0. The van der Waals surface area contributed by atoms with Gasteiger partial charge in [-0.3, -0.25) is 4.79 Å². The molecule has 0 aliphatic rings. The number of anilines is 2. The van der Waals surface area contributed by atoms with Crippen LogP contribution in [0, 0.1) is 0 Å². The van der Waals surface area contributed by atoms with E-state index < -0.39 is 5.97 Å². The minimum atomic E-state index is -0.497. The van der Waals surface area contributed by atoms with E-state index in [1.807, 2.05) is 0 Å². The van der Waals surface area contributed by atoms with Crippen molar-refractivity contribution in [3.63, 3.8) is 0 Å². The van der Waals surface area contributed by atoms with Gasteiger partial charge in [-0.2, -0.15) is 0 Å². The SMILES string of the molecule is CCOC(=O)c1cc(O)c2cc(NC(=O)c3cccc(N)c3)ccc2c1. The quantitative estimate of drug-likeness (QED) is 0.493. The number of hydrogen-bond donors (Lipinski definition) is 3. The molecule has 3 rings (SSSR count). The van der Waals surface area contributed by atoms with Gasteiger partial charge in [-0.15, -0.1) is 0 Å². The average molecular weight is 350 g/mol. The number of benzene rings is 3. The van der Waals surface area contributed by atoms with Crippen molar-refractivity contribution >= 4 is 34.0 Å². The monoisotopic (exact) mass is 350 g/mol. The molecule has 0 heterocycles. The highest BCUT2D eigenvalue weighted by molar-refractivity contribution is 6.06. The molecule has 0 atom stereocenters. The molecule has 0 saturated heterocycles. The number of phenolic OH excluding ortho intramolecular Hbond substituents is 1. The van der Waals surface area contributed by atoms with Gasteiger partial charge in [-0.05, 0) is 54.8 Å². The second-order valence-electron chi connectivity index (χ2n) is 5.73. The van der Waals surface area contributed by atoms with E-state index in [0.717, 1.165) is 0 Å². The number of nitrogens with two attached hydrogens (primary N) is 1. The van der Waals surface area contributed by atoms with Crippen molar-refractivity contribution in [1.82, 2.24) is 0 Å². The normalized spacial score (nSPS) is 10.5. The first kappa shape index (κ1) is 17.3. The zero-order valence-electron chi connectivity index (χ0n) is 14.2. The number of fused-ring (bicyclic) bond motifs is 1. The van der Waals surface area contributed by atoms with E-state index in [9.17, 15) is 14.7 Å². The Hall–Kier alpha value is -3.54. The van der Waals surface area contributed by atoms with Crippen LogP contribution in [-0.2, 0) is 4.74 Å². The van der Waals surface area contributed by atoms with Crippen LogP contribution in [0.1, 0.15) is 27.6 Å². The minimum Gasteiger partial charge on any atom is -0.507 e. The van der Waals surface area contributed by atoms with Crippen molar-refractivity contribution in [2.75, 3.05) is 17.7 Å². The van der Waals surface area contributed by atoms with Crippen molar-refractivity contribution in [2.45, 2.75) is 6.92 Å². The van der Waals surface area contributed by atoms with E-state index in [4.69, 9.17) is 10.5 Å². The molecule has 6 nitrogen and oxygen atoms in total. The highest BCUT2D eigenvalue weighted by atomic mass is 16.5. The third-order valence-electron chi connectivity index (χ3n) is 3.85. The maximum Gasteiger partial charge on any atom is 0.338 e. The molecule has 0 aromatic heterocycles. The van der Waals surface area contributed by atoms with Crippen LogP contribution in [0.5, 0.6) is 5.75 Å². The Kier molecular flexibility index (Phi) is 4.75. The van der Waals surface area contributed by atoms with Gasteiger partial charge in [0.2, 0.25) is 0 Å². The number of phenols is 1. The predicted octanol–water partition coefficient (Wildman–Crippen LogP) is 3.56. The number of hydrogen-bond acceptors (Lipinski definition) is 5. The Labute approximate surface area is 150 Å². The summed E-state index contributed by atoms with van der Waals surface area (Å²) in [5, 5.41) is 14.2. The second kappa shape index (κ2) is 7.14. The Balaban J connectivity index is 1.89. The number of rotatable bonds is 4. The average Bonchev–Trinajstić information content (AvgIpc) is 2.62. The molecule has 0 unspecified atom stereocenters. The van der Waals surface area contributed by atoms with E-state index in [2.05, 4.69) is 5.32 Å². The van der Waals surface area contributed by atoms with Crippen molar-refractivity contribution < 1.29 is 19.4 Å². The third kappa shape index (κ3) is 3.59. The van der Waals surface area contributed by atoms with Gasteiger partial charge < -0.3 is 20.9 Å². The molecule has 0 spiro atoms. The minimum absolute atomic E-state index is 0.0643. The van der Waals surface area contributed by atoms with Crippen molar-refractivity contribution in [2.24, 2.45) is 0 Å². The lowest BCUT2D eigenvalue weighted by Crippen LogP contribution is -2.12. The van der Waals surface area contributed by atoms with E-state index >= 15 is 0 Å². The van der Waals surface area contributed by atoms with Crippen molar-refractivity contribution in [3.05, 3.63) is 65.7 Å². The van der Waals surface area contributed by atoms with Crippen LogP contribution in [0.15, 0.2) is 54.6 Å². The molecule has 1 amide bonds. The smallest absolute Gasteiger partial charge is 0.338 e. The first-order valence-electron chi connectivity index (χ1n) is 8.08. The number of amides is 1. The molecule has 6 heteroatoms. The Morgan fingerprint density at radius 2 is 1.88 bits per heavy atom. The summed E-state index contributed by atoms with van der Waals surface area (Å²) in [5.74, 6) is -0.867. The van der Waals surface area contributed by atoms with Crippen LogP contribution in [0.3, 0.4) is 0 Å². The maximum absolute atomic E-state index is 12.3. The Bertz CT molecular complexity index is 998. The molecule has 0 saturated carbocycles. The van der Waals surface area contributed by atoms with E-state index in [1.165, 1.54) is 6.07 Å². The summed E-state index contributed by atoms with van der Waals surface area (Å²) in [4.78, 5) is 24.1. The Morgan fingerprint density at radius 3 is 2.62 bits per heavy atom. The van der Waals surface area contributed by atoms with E-state index in [1.54, 1.807) is 55.5 Å². The lowest BCUT2D eigenvalue weighted by Gasteiger charge is -2.10. The molecule has 132 valence electrons. The van der Waals surface area contributed by atoms with Crippen LogP contribution in [0.4, 0.5) is 11.4 Å². The summed E-state index contributed by atoms with van der Waals surface area (Å²) in [5.41, 5.74) is 7.42. The van der Waals surface area contributed by atoms with Gasteiger partial charge in [0.05, 0.1) is 12.2 Å². The molecule has 0 radical (unpaired) electrons.